The smallest absolute Gasteiger partial charge is 0.168 e. The molecule has 0 atom stereocenters. The Morgan fingerprint density at radius 3 is 2.88 bits per heavy atom. The summed E-state index contributed by atoms with van der Waals surface area (Å²) >= 11 is 0. The largest absolute Gasteiger partial charge is 0.294 e. The third-order valence-corrected chi connectivity index (χ3v) is 2.63. The molecule has 0 saturated carbocycles. The third-order valence-electron chi connectivity index (χ3n) is 2.63. The zero-order chi connectivity index (χ0) is 10.3. The molecule has 0 radical (unpaired) electrons. The zero-order valence-corrected chi connectivity index (χ0v) is 8.10. The first-order valence-corrected chi connectivity index (χ1v) is 4.94. The van der Waals surface area contributed by atoms with Gasteiger partial charge in [-0.2, -0.15) is 0 Å². The Balaban J connectivity index is 0.000000963. The molecular formula is C14H13NO. The summed E-state index contributed by atoms with van der Waals surface area (Å²) in [4.78, 5) is 16.1. The predicted molar refractivity (Wildman–Crippen MR) is 66.5 cm³/mol. The van der Waals surface area contributed by atoms with Crippen molar-refractivity contribution < 1.29 is 4.79 Å². The Hall–Kier alpha value is -1.96. The van der Waals surface area contributed by atoms with Crippen molar-refractivity contribution in [2.24, 2.45) is 0 Å². The molecule has 0 N–H and O–H groups in total. The summed E-state index contributed by atoms with van der Waals surface area (Å²) in [6, 6.07) is 9.79. The van der Waals surface area contributed by atoms with Crippen molar-refractivity contribution in [1.29, 1.82) is 0 Å². The van der Waals surface area contributed by atoms with Crippen molar-refractivity contribution in [2.45, 2.75) is 13.8 Å². The average molecular weight is 211 g/mol. The molecule has 80 valence electrons. The standard InChI is InChI=1S/C13H9NO.CH4/c15-13-7-3-6-12-10(13)8-9-4-1-2-5-11(9)14-12;/h1-6,8H,7H2;1H4. The van der Waals surface area contributed by atoms with Gasteiger partial charge in [-0.25, -0.2) is 4.98 Å². The minimum Gasteiger partial charge on any atom is -0.294 e. The SMILES string of the molecule is C.O=C1CC=Cc2nc3ccccc3cc21. The molecule has 1 aliphatic rings. The molecule has 0 amide bonds. The van der Waals surface area contributed by atoms with Gasteiger partial charge in [-0.05, 0) is 18.2 Å². The summed E-state index contributed by atoms with van der Waals surface area (Å²) in [5.41, 5.74) is 2.48. The summed E-state index contributed by atoms with van der Waals surface area (Å²) in [6.07, 6.45) is 4.28. The number of hydrogen-bond donors (Lipinski definition) is 0. The van der Waals surface area contributed by atoms with Gasteiger partial charge in [-0.15, -0.1) is 0 Å². The second kappa shape index (κ2) is 3.89. The molecule has 0 aliphatic heterocycles. The van der Waals surface area contributed by atoms with Crippen LogP contribution in [0.15, 0.2) is 36.4 Å². The average Bonchev–Trinajstić information content (AvgIpc) is 2.27. The Labute approximate surface area is 94.6 Å². The number of carbonyl (C=O) groups excluding carboxylic acids is 1. The van der Waals surface area contributed by atoms with E-state index in [2.05, 4.69) is 4.98 Å². The van der Waals surface area contributed by atoms with Crippen LogP contribution in [0.5, 0.6) is 0 Å². The lowest BCUT2D eigenvalue weighted by atomic mass is 9.99. The van der Waals surface area contributed by atoms with E-state index >= 15 is 0 Å². The summed E-state index contributed by atoms with van der Waals surface area (Å²) in [7, 11) is 0. The Kier molecular flexibility index (Phi) is 2.57. The van der Waals surface area contributed by atoms with Crippen molar-refractivity contribution in [3.8, 4) is 0 Å². The number of ketones is 1. The van der Waals surface area contributed by atoms with E-state index in [9.17, 15) is 4.79 Å². The number of hydrogen-bond acceptors (Lipinski definition) is 2. The highest BCUT2D eigenvalue weighted by molar-refractivity contribution is 6.04. The summed E-state index contributed by atoms with van der Waals surface area (Å²) < 4.78 is 0. The molecule has 0 unspecified atom stereocenters. The number of benzene rings is 1. The maximum atomic E-state index is 11.6. The summed E-state index contributed by atoms with van der Waals surface area (Å²) in [6.45, 7) is 0. The lowest BCUT2D eigenvalue weighted by Gasteiger charge is -2.09. The van der Waals surface area contributed by atoms with E-state index in [0.29, 0.717) is 6.42 Å². The van der Waals surface area contributed by atoms with Crippen LogP contribution < -0.4 is 0 Å². The van der Waals surface area contributed by atoms with Crippen LogP contribution in [0, 0.1) is 0 Å². The molecule has 0 fully saturated rings. The van der Waals surface area contributed by atoms with Crippen LogP contribution in [0.25, 0.3) is 17.0 Å². The van der Waals surface area contributed by atoms with Gasteiger partial charge < -0.3 is 0 Å². The van der Waals surface area contributed by atoms with Crippen LogP contribution in [-0.2, 0) is 0 Å². The van der Waals surface area contributed by atoms with E-state index in [1.807, 2.05) is 42.5 Å². The van der Waals surface area contributed by atoms with E-state index in [-0.39, 0.29) is 13.2 Å². The maximum absolute atomic E-state index is 11.6. The highest BCUT2D eigenvalue weighted by Crippen LogP contribution is 2.22. The van der Waals surface area contributed by atoms with Crippen LogP contribution in [0.4, 0.5) is 0 Å². The third kappa shape index (κ3) is 1.52. The number of aromatic nitrogens is 1. The van der Waals surface area contributed by atoms with Gasteiger partial charge in [0.25, 0.3) is 0 Å². The van der Waals surface area contributed by atoms with Gasteiger partial charge in [0.1, 0.15) is 0 Å². The van der Waals surface area contributed by atoms with Gasteiger partial charge >= 0.3 is 0 Å². The fourth-order valence-electron chi connectivity index (χ4n) is 1.87. The van der Waals surface area contributed by atoms with Crippen molar-refractivity contribution in [3.05, 3.63) is 47.7 Å². The molecule has 2 nitrogen and oxygen atoms in total. The fraction of sp³-hybridized carbons (Fsp3) is 0.143. The second-order valence-corrected chi connectivity index (χ2v) is 3.64. The molecule has 3 rings (SSSR count). The molecule has 16 heavy (non-hydrogen) atoms. The monoisotopic (exact) mass is 211 g/mol. The first-order chi connectivity index (χ1) is 7.34. The topological polar surface area (TPSA) is 30.0 Å². The van der Waals surface area contributed by atoms with Crippen LogP contribution in [-0.4, -0.2) is 10.8 Å². The first kappa shape index (κ1) is 10.6. The van der Waals surface area contributed by atoms with Crippen molar-refractivity contribution in [1.82, 2.24) is 4.98 Å². The number of Topliss-reactive ketones (excluding diaryl/α,β-unsaturated/α-hetero) is 1. The van der Waals surface area contributed by atoms with Gasteiger partial charge in [0.05, 0.1) is 11.2 Å². The number of fused-ring (bicyclic) bond motifs is 2. The quantitative estimate of drug-likeness (QED) is 0.667. The van der Waals surface area contributed by atoms with Gasteiger partial charge in [-0.3, -0.25) is 4.79 Å². The Bertz CT molecular complexity index is 584. The minimum absolute atomic E-state index is 0. The van der Waals surface area contributed by atoms with E-state index < -0.39 is 0 Å². The fourth-order valence-corrected chi connectivity index (χ4v) is 1.87. The van der Waals surface area contributed by atoms with E-state index in [0.717, 1.165) is 22.2 Å². The highest BCUT2D eigenvalue weighted by atomic mass is 16.1. The number of rotatable bonds is 0. The van der Waals surface area contributed by atoms with E-state index in [4.69, 9.17) is 0 Å². The normalized spacial score (nSPS) is 13.4. The maximum Gasteiger partial charge on any atom is 0.168 e. The minimum atomic E-state index is 0. The van der Waals surface area contributed by atoms with Crippen molar-refractivity contribution in [2.75, 3.05) is 0 Å². The highest BCUT2D eigenvalue weighted by Gasteiger charge is 2.14. The van der Waals surface area contributed by atoms with Gasteiger partial charge in [0, 0.05) is 17.4 Å². The lowest BCUT2D eigenvalue weighted by molar-refractivity contribution is 0.0994. The molecule has 0 saturated heterocycles. The Morgan fingerprint density at radius 1 is 1.19 bits per heavy atom. The molecule has 0 spiro atoms. The first-order valence-electron chi connectivity index (χ1n) is 4.94. The molecule has 2 aromatic rings. The number of nitrogens with zero attached hydrogens (tertiary/aromatic N) is 1. The van der Waals surface area contributed by atoms with Crippen molar-refractivity contribution >= 4 is 22.8 Å². The summed E-state index contributed by atoms with van der Waals surface area (Å²) in [5.74, 6) is 0.158. The molecule has 1 aromatic heterocycles. The number of pyridine rings is 1. The van der Waals surface area contributed by atoms with Gasteiger partial charge in [-0.1, -0.05) is 31.7 Å². The molecule has 1 aromatic carbocycles. The molecule has 1 aliphatic carbocycles. The zero-order valence-electron chi connectivity index (χ0n) is 8.10. The van der Waals surface area contributed by atoms with Crippen LogP contribution in [0.2, 0.25) is 0 Å². The van der Waals surface area contributed by atoms with Crippen LogP contribution >= 0.6 is 0 Å². The summed E-state index contributed by atoms with van der Waals surface area (Å²) in [5, 5.41) is 1.03. The van der Waals surface area contributed by atoms with Crippen LogP contribution in [0.1, 0.15) is 29.9 Å². The van der Waals surface area contributed by atoms with E-state index in [1.54, 1.807) is 0 Å². The predicted octanol–water partition coefficient (Wildman–Crippen LogP) is 3.47. The molecular weight excluding hydrogens is 198 g/mol. The molecule has 2 heteroatoms. The number of allylic oxidation sites excluding steroid dienone is 1. The molecule has 1 heterocycles. The van der Waals surface area contributed by atoms with E-state index in [1.165, 1.54) is 0 Å². The Morgan fingerprint density at radius 2 is 2.00 bits per heavy atom. The second-order valence-electron chi connectivity index (χ2n) is 3.64. The molecule has 0 bridgehead atoms. The number of carbonyl (C=O) groups is 1. The van der Waals surface area contributed by atoms with Crippen molar-refractivity contribution in [3.63, 3.8) is 0 Å². The van der Waals surface area contributed by atoms with Gasteiger partial charge in [0.15, 0.2) is 5.78 Å². The van der Waals surface area contributed by atoms with Crippen LogP contribution in [0.3, 0.4) is 0 Å². The lowest BCUT2D eigenvalue weighted by Crippen LogP contribution is -2.06. The number of para-hydroxylation sites is 1. The van der Waals surface area contributed by atoms with Gasteiger partial charge in [0.2, 0.25) is 0 Å².